The molecule has 0 saturated heterocycles. The number of halogens is 1. The molecular weight excluding hydrogens is 680 g/mol. The van der Waals surface area contributed by atoms with Crippen LogP contribution in [0, 0.1) is 6.92 Å². The molecule has 256 valence electrons. The van der Waals surface area contributed by atoms with Crippen molar-refractivity contribution in [3.63, 3.8) is 0 Å². The van der Waals surface area contributed by atoms with E-state index in [0.29, 0.717) is 52.9 Å². The molecule has 0 fully saturated rings. The van der Waals surface area contributed by atoms with E-state index in [9.17, 15) is 15.0 Å². The number of aliphatic hydroxyl groups is 1. The first-order valence-corrected chi connectivity index (χ1v) is 18.5. The highest BCUT2D eigenvalue weighted by Crippen LogP contribution is 2.43. The SMILES string of the molecule is CCn1nc(C)c(-c2c(Cl)ccc3c(CCCO)c(C(=O)OC)n(C)c23)c1CSCc1cc(CSc2cc(O)c3ncccc3c2)n(C)n1. The fourth-order valence-corrected chi connectivity index (χ4v) is 8.66. The van der Waals surface area contributed by atoms with Gasteiger partial charge in [-0.1, -0.05) is 23.7 Å². The van der Waals surface area contributed by atoms with E-state index in [-0.39, 0.29) is 12.4 Å². The molecule has 0 saturated carbocycles. The lowest BCUT2D eigenvalue weighted by molar-refractivity contribution is 0.0589. The molecule has 0 unspecified atom stereocenters. The van der Waals surface area contributed by atoms with Gasteiger partial charge in [-0.2, -0.15) is 10.2 Å². The van der Waals surface area contributed by atoms with Gasteiger partial charge in [0.1, 0.15) is 17.0 Å². The highest BCUT2D eigenvalue weighted by molar-refractivity contribution is 7.98. The number of aromatic nitrogens is 6. The van der Waals surface area contributed by atoms with Gasteiger partial charge in [-0.3, -0.25) is 14.3 Å². The number of carbonyl (C=O) groups excluding carboxylic acids is 1. The van der Waals surface area contributed by atoms with Crippen molar-refractivity contribution in [3.8, 4) is 16.9 Å². The molecule has 13 heteroatoms. The van der Waals surface area contributed by atoms with Crippen LogP contribution in [0.1, 0.15) is 52.2 Å². The highest BCUT2D eigenvalue weighted by atomic mass is 35.5. The second kappa shape index (κ2) is 14.9. The van der Waals surface area contributed by atoms with Crippen molar-refractivity contribution in [3.05, 3.63) is 87.7 Å². The molecule has 0 aliphatic carbocycles. The molecule has 6 aromatic rings. The molecule has 6 rings (SSSR count). The monoisotopic (exact) mass is 718 g/mol. The minimum atomic E-state index is -0.425. The number of rotatable bonds is 13. The zero-order chi connectivity index (χ0) is 34.8. The Morgan fingerprint density at radius 3 is 2.63 bits per heavy atom. The van der Waals surface area contributed by atoms with E-state index in [1.807, 2.05) is 65.3 Å². The minimum absolute atomic E-state index is 0.0186. The summed E-state index contributed by atoms with van der Waals surface area (Å²) < 4.78 is 11.0. The van der Waals surface area contributed by atoms with Crippen molar-refractivity contribution in [1.82, 2.24) is 29.1 Å². The lowest BCUT2D eigenvalue weighted by Gasteiger charge is -2.13. The van der Waals surface area contributed by atoms with Gasteiger partial charge in [0.2, 0.25) is 0 Å². The molecule has 0 bridgehead atoms. The summed E-state index contributed by atoms with van der Waals surface area (Å²) in [6, 6.07) is 13.6. The molecule has 0 radical (unpaired) electrons. The summed E-state index contributed by atoms with van der Waals surface area (Å²) in [5, 5.41) is 32.1. The number of nitrogens with zero attached hydrogens (tertiary/aromatic N) is 6. The van der Waals surface area contributed by atoms with E-state index in [1.54, 1.807) is 35.8 Å². The van der Waals surface area contributed by atoms with Gasteiger partial charge in [0, 0.05) is 83.2 Å². The summed E-state index contributed by atoms with van der Waals surface area (Å²) in [6.45, 7) is 4.78. The minimum Gasteiger partial charge on any atom is -0.506 e. The van der Waals surface area contributed by atoms with E-state index >= 15 is 0 Å². The van der Waals surface area contributed by atoms with Crippen LogP contribution in [-0.2, 0) is 49.1 Å². The molecule has 0 amide bonds. The number of benzene rings is 2. The second-order valence-electron chi connectivity index (χ2n) is 11.8. The number of aliphatic hydroxyl groups excluding tert-OH is 1. The van der Waals surface area contributed by atoms with E-state index in [4.69, 9.17) is 26.5 Å². The van der Waals surface area contributed by atoms with Crippen LogP contribution < -0.4 is 0 Å². The van der Waals surface area contributed by atoms with Crippen molar-refractivity contribution in [2.24, 2.45) is 14.1 Å². The number of pyridine rings is 1. The maximum absolute atomic E-state index is 13.0. The fraction of sp³-hybridized carbons (Fsp3) is 0.333. The first kappa shape index (κ1) is 34.9. The number of hydrogen-bond acceptors (Lipinski definition) is 9. The van der Waals surface area contributed by atoms with Crippen LogP contribution in [0.3, 0.4) is 0 Å². The summed E-state index contributed by atoms with van der Waals surface area (Å²) >= 11 is 10.4. The third-order valence-corrected chi connectivity index (χ3v) is 11.0. The lowest BCUT2D eigenvalue weighted by atomic mass is 9.98. The predicted molar refractivity (Wildman–Crippen MR) is 197 cm³/mol. The largest absolute Gasteiger partial charge is 0.506 e. The van der Waals surface area contributed by atoms with Crippen molar-refractivity contribution in [2.45, 2.75) is 55.4 Å². The molecule has 10 nitrogen and oxygen atoms in total. The molecule has 0 aliphatic rings. The third kappa shape index (κ3) is 6.79. The predicted octanol–water partition coefficient (Wildman–Crippen LogP) is 7.45. The number of phenolic OH excluding ortho intramolecular Hbond substituents is 1. The third-order valence-electron chi connectivity index (χ3n) is 8.72. The Hall–Kier alpha value is -3.97. The summed E-state index contributed by atoms with van der Waals surface area (Å²) in [4.78, 5) is 18.2. The lowest BCUT2D eigenvalue weighted by Crippen LogP contribution is -2.10. The summed E-state index contributed by atoms with van der Waals surface area (Å²) in [6.07, 6.45) is 2.73. The van der Waals surface area contributed by atoms with Crippen molar-refractivity contribution < 1.29 is 19.7 Å². The van der Waals surface area contributed by atoms with Gasteiger partial charge < -0.3 is 19.5 Å². The number of thioether (sulfide) groups is 2. The number of aryl methyl sites for hydroxylation is 5. The maximum Gasteiger partial charge on any atom is 0.354 e. The number of esters is 1. The van der Waals surface area contributed by atoms with Crippen LogP contribution in [0.5, 0.6) is 5.75 Å². The van der Waals surface area contributed by atoms with Crippen LogP contribution in [0.4, 0.5) is 0 Å². The number of phenols is 1. The number of hydrogen-bond donors (Lipinski definition) is 2. The van der Waals surface area contributed by atoms with Gasteiger partial charge >= 0.3 is 5.97 Å². The van der Waals surface area contributed by atoms with Gasteiger partial charge in [0.25, 0.3) is 0 Å². The van der Waals surface area contributed by atoms with Crippen LogP contribution in [0.25, 0.3) is 32.9 Å². The zero-order valence-corrected chi connectivity index (χ0v) is 30.5. The molecule has 2 N–H and O–H groups in total. The van der Waals surface area contributed by atoms with E-state index in [2.05, 4.69) is 18.0 Å². The summed E-state index contributed by atoms with van der Waals surface area (Å²) in [5.41, 5.74) is 8.52. The smallest absolute Gasteiger partial charge is 0.354 e. The first-order chi connectivity index (χ1) is 23.7. The van der Waals surface area contributed by atoms with Gasteiger partial charge in [-0.15, -0.1) is 23.5 Å². The molecule has 49 heavy (non-hydrogen) atoms. The van der Waals surface area contributed by atoms with Crippen LogP contribution in [0.2, 0.25) is 5.02 Å². The summed E-state index contributed by atoms with van der Waals surface area (Å²) in [7, 11) is 5.20. The number of aromatic hydroxyl groups is 1. The van der Waals surface area contributed by atoms with E-state index in [1.165, 1.54) is 7.11 Å². The molecule has 2 aromatic carbocycles. The topological polar surface area (TPSA) is 120 Å². The molecule has 4 heterocycles. The molecule has 4 aromatic heterocycles. The quantitative estimate of drug-likeness (QED) is 0.0927. The van der Waals surface area contributed by atoms with Crippen LogP contribution in [-0.4, -0.2) is 59.0 Å². The Kier molecular flexibility index (Phi) is 10.6. The van der Waals surface area contributed by atoms with E-state index < -0.39 is 5.97 Å². The van der Waals surface area contributed by atoms with Crippen LogP contribution in [0.15, 0.2) is 53.6 Å². The Morgan fingerprint density at radius 2 is 1.88 bits per heavy atom. The van der Waals surface area contributed by atoms with Crippen molar-refractivity contribution >= 4 is 62.9 Å². The average Bonchev–Trinajstić information content (AvgIpc) is 3.71. The average molecular weight is 719 g/mol. The Morgan fingerprint density at radius 1 is 1.06 bits per heavy atom. The first-order valence-electron chi connectivity index (χ1n) is 16.0. The highest BCUT2D eigenvalue weighted by Gasteiger charge is 2.28. The van der Waals surface area contributed by atoms with Gasteiger partial charge in [-0.05, 0) is 62.6 Å². The molecule has 0 spiro atoms. The Labute approximate surface area is 298 Å². The molecule has 0 atom stereocenters. The fourth-order valence-electron chi connectivity index (χ4n) is 6.48. The number of methoxy groups -OCH3 is 1. The van der Waals surface area contributed by atoms with Crippen molar-refractivity contribution in [2.75, 3.05) is 13.7 Å². The number of carbonyl (C=O) groups is 1. The molecular formula is C36H39ClN6O4S2. The Balaban J connectivity index is 1.26. The zero-order valence-electron chi connectivity index (χ0n) is 28.2. The van der Waals surface area contributed by atoms with Gasteiger partial charge in [-0.25, -0.2) is 4.79 Å². The normalized spacial score (nSPS) is 11.7. The van der Waals surface area contributed by atoms with Crippen LogP contribution >= 0.6 is 35.1 Å². The second-order valence-corrected chi connectivity index (χ2v) is 14.2. The maximum atomic E-state index is 13.0. The summed E-state index contributed by atoms with van der Waals surface area (Å²) in [5.74, 6) is 1.84. The van der Waals surface area contributed by atoms with Gasteiger partial charge in [0.15, 0.2) is 0 Å². The van der Waals surface area contributed by atoms with Crippen molar-refractivity contribution in [1.29, 1.82) is 0 Å². The van der Waals surface area contributed by atoms with E-state index in [0.717, 1.165) is 60.7 Å². The molecule has 0 aliphatic heterocycles. The number of ether oxygens (including phenoxy) is 1. The standard InChI is InChI=1S/C36H39ClN6O4S2/c1-6-43-29(20-48-18-23-16-24(42(4)40-23)19-49-25-15-22-9-7-13-38-33(22)30(45)17-25)31(21(2)39-43)32-28(37)12-11-27-26(10-8-14-44)35(36(46)47-5)41(3)34(27)32/h7,9,11-13,15-17,44-45H,6,8,10,14,18-20H2,1-5H3. The number of fused-ring (bicyclic) bond motifs is 2. The Bertz CT molecular complexity index is 2170. The van der Waals surface area contributed by atoms with Gasteiger partial charge in [0.05, 0.1) is 34.7 Å².